The zero-order chi connectivity index (χ0) is 14.0. The number of carbonyl (C=O) groups is 1. The Balaban J connectivity index is 1.78. The van der Waals surface area contributed by atoms with E-state index in [1.54, 1.807) is 12.4 Å². The lowest BCUT2D eigenvalue weighted by Crippen LogP contribution is -2.57. The second kappa shape index (κ2) is 3.69. The lowest BCUT2D eigenvalue weighted by molar-refractivity contribution is -0.112. The molecule has 0 saturated heterocycles. The normalized spacial score (nSPS) is 45.6. The first-order valence-corrected chi connectivity index (χ1v) is 7.72. The maximum atomic E-state index is 10.8. The van der Waals surface area contributed by atoms with Crippen molar-refractivity contribution in [3.05, 3.63) is 23.8 Å². The number of rotatable bonds is 2. The molecule has 1 heterocycles. The van der Waals surface area contributed by atoms with E-state index in [9.17, 15) is 4.79 Å². The average Bonchev–Trinajstić information content (AvgIpc) is 2.34. The molecule has 106 valence electrons. The van der Waals surface area contributed by atoms with Gasteiger partial charge in [-0.1, -0.05) is 13.8 Å². The molecule has 1 aromatic rings. The van der Waals surface area contributed by atoms with E-state index in [1.165, 1.54) is 38.5 Å². The quantitative estimate of drug-likeness (QED) is 0.772. The summed E-state index contributed by atoms with van der Waals surface area (Å²) < 4.78 is 0. The van der Waals surface area contributed by atoms with Gasteiger partial charge in [0, 0.05) is 17.8 Å². The third-order valence-corrected chi connectivity index (χ3v) is 5.91. The predicted molar refractivity (Wildman–Crippen MR) is 76.5 cm³/mol. The zero-order valence-electron chi connectivity index (χ0n) is 12.4. The molecule has 0 radical (unpaired) electrons. The van der Waals surface area contributed by atoms with Gasteiger partial charge < -0.3 is 0 Å². The Labute approximate surface area is 120 Å². The standard InChI is InChI=1S/C17H22N2O/c1-15-3-12-4-16(2,9-15)11-17(5-12,10-15)14-18-6-13(8-20)7-19-14/h6-8,12H,3-5,9-11H2,1-2H3. The van der Waals surface area contributed by atoms with Gasteiger partial charge in [-0.05, 0) is 55.3 Å². The topological polar surface area (TPSA) is 42.9 Å². The fraction of sp³-hybridized carbons (Fsp3) is 0.706. The summed E-state index contributed by atoms with van der Waals surface area (Å²) in [4.78, 5) is 19.9. The first kappa shape index (κ1) is 12.5. The van der Waals surface area contributed by atoms with Gasteiger partial charge >= 0.3 is 0 Å². The molecular weight excluding hydrogens is 248 g/mol. The van der Waals surface area contributed by atoms with E-state index in [0.29, 0.717) is 16.4 Å². The molecule has 0 aromatic carbocycles. The van der Waals surface area contributed by atoms with Gasteiger partial charge in [-0.2, -0.15) is 0 Å². The second-order valence-electron chi connectivity index (χ2n) is 8.37. The van der Waals surface area contributed by atoms with E-state index in [-0.39, 0.29) is 5.41 Å². The Bertz CT molecular complexity index is 547. The Hall–Kier alpha value is -1.25. The van der Waals surface area contributed by atoms with Crippen molar-refractivity contribution in [2.45, 2.75) is 57.8 Å². The van der Waals surface area contributed by atoms with Gasteiger partial charge in [0.05, 0.1) is 5.56 Å². The molecule has 2 unspecified atom stereocenters. The molecule has 20 heavy (non-hydrogen) atoms. The van der Waals surface area contributed by atoms with Gasteiger partial charge in [0.25, 0.3) is 0 Å². The Morgan fingerprint density at radius 3 is 2.15 bits per heavy atom. The molecule has 4 aliphatic rings. The minimum Gasteiger partial charge on any atom is -0.298 e. The van der Waals surface area contributed by atoms with Crippen molar-refractivity contribution in [3.63, 3.8) is 0 Å². The summed E-state index contributed by atoms with van der Waals surface area (Å²) >= 11 is 0. The molecular formula is C17H22N2O. The van der Waals surface area contributed by atoms with Crippen molar-refractivity contribution < 1.29 is 4.79 Å². The molecule has 0 N–H and O–H groups in total. The molecule has 0 aliphatic heterocycles. The smallest absolute Gasteiger partial charge is 0.153 e. The monoisotopic (exact) mass is 270 g/mol. The fourth-order valence-electron chi connectivity index (χ4n) is 6.37. The van der Waals surface area contributed by atoms with E-state index < -0.39 is 0 Å². The van der Waals surface area contributed by atoms with E-state index in [0.717, 1.165) is 18.0 Å². The average molecular weight is 270 g/mol. The third kappa shape index (κ3) is 1.68. The minimum absolute atomic E-state index is 0.171. The molecule has 3 nitrogen and oxygen atoms in total. The largest absolute Gasteiger partial charge is 0.298 e. The van der Waals surface area contributed by atoms with E-state index in [4.69, 9.17) is 0 Å². The lowest BCUT2D eigenvalue weighted by atomic mass is 9.40. The van der Waals surface area contributed by atoms with Gasteiger partial charge in [0.15, 0.2) is 6.29 Å². The molecule has 4 fully saturated rings. The summed E-state index contributed by atoms with van der Waals surface area (Å²) in [6.45, 7) is 4.93. The van der Waals surface area contributed by atoms with Gasteiger partial charge in [0.1, 0.15) is 5.82 Å². The number of hydrogen-bond acceptors (Lipinski definition) is 3. The van der Waals surface area contributed by atoms with Crippen molar-refractivity contribution in [2.75, 3.05) is 0 Å². The van der Waals surface area contributed by atoms with Crippen molar-refractivity contribution in [1.82, 2.24) is 9.97 Å². The van der Waals surface area contributed by atoms with Gasteiger partial charge in [0.2, 0.25) is 0 Å². The SMILES string of the molecule is CC12CC3CC(C)(C1)CC(c1ncc(C=O)cn1)(C3)C2. The molecule has 4 bridgehead atoms. The summed E-state index contributed by atoms with van der Waals surface area (Å²) in [5.41, 5.74) is 1.70. The van der Waals surface area contributed by atoms with Gasteiger partial charge in [-0.3, -0.25) is 4.79 Å². The highest BCUT2D eigenvalue weighted by atomic mass is 16.1. The van der Waals surface area contributed by atoms with Crippen LogP contribution < -0.4 is 0 Å². The van der Waals surface area contributed by atoms with Gasteiger partial charge in [-0.15, -0.1) is 0 Å². The molecule has 0 amide bonds. The maximum Gasteiger partial charge on any atom is 0.153 e. The summed E-state index contributed by atoms with van der Waals surface area (Å²) in [6, 6.07) is 0. The van der Waals surface area contributed by atoms with Crippen LogP contribution in [0, 0.1) is 16.7 Å². The molecule has 4 saturated carbocycles. The van der Waals surface area contributed by atoms with Crippen LogP contribution >= 0.6 is 0 Å². The van der Waals surface area contributed by atoms with Crippen LogP contribution in [0.5, 0.6) is 0 Å². The van der Waals surface area contributed by atoms with Crippen LogP contribution in [-0.4, -0.2) is 16.3 Å². The van der Waals surface area contributed by atoms with Crippen LogP contribution in [0.15, 0.2) is 12.4 Å². The number of carbonyl (C=O) groups excluding carboxylic acids is 1. The van der Waals surface area contributed by atoms with Crippen LogP contribution in [0.4, 0.5) is 0 Å². The highest BCUT2D eigenvalue weighted by Crippen LogP contribution is 2.69. The first-order chi connectivity index (χ1) is 9.44. The molecule has 5 rings (SSSR count). The summed E-state index contributed by atoms with van der Waals surface area (Å²) in [7, 11) is 0. The number of aromatic nitrogens is 2. The fourth-order valence-corrected chi connectivity index (χ4v) is 6.37. The van der Waals surface area contributed by atoms with Crippen molar-refractivity contribution in [3.8, 4) is 0 Å². The van der Waals surface area contributed by atoms with Crippen LogP contribution in [0.3, 0.4) is 0 Å². The highest BCUT2D eigenvalue weighted by molar-refractivity contribution is 5.73. The number of hydrogen-bond donors (Lipinski definition) is 0. The number of aldehydes is 1. The summed E-state index contributed by atoms with van der Waals surface area (Å²) in [5, 5.41) is 0. The molecule has 2 atom stereocenters. The molecule has 1 aromatic heterocycles. The first-order valence-electron chi connectivity index (χ1n) is 7.72. The summed E-state index contributed by atoms with van der Waals surface area (Å²) in [5.74, 6) is 1.83. The zero-order valence-corrected chi connectivity index (χ0v) is 12.4. The van der Waals surface area contributed by atoms with E-state index >= 15 is 0 Å². The summed E-state index contributed by atoms with van der Waals surface area (Å²) in [6.07, 6.45) is 12.1. The Morgan fingerprint density at radius 1 is 1.05 bits per heavy atom. The highest BCUT2D eigenvalue weighted by Gasteiger charge is 2.61. The maximum absolute atomic E-state index is 10.8. The Kier molecular flexibility index (Phi) is 2.30. The van der Waals surface area contributed by atoms with Crippen LogP contribution in [0.2, 0.25) is 0 Å². The molecule has 0 spiro atoms. The van der Waals surface area contributed by atoms with Crippen LogP contribution in [-0.2, 0) is 5.41 Å². The van der Waals surface area contributed by atoms with Crippen LogP contribution in [0.1, 0.15) is 68.6 Å². The predicted octanol–water partition coefficient (Wildman–Crippen LogP) is 3.54. The lowest BCUT2D eigenvalue weighted by Gasteiger charge is -2.64. The van der Waals surface area contributed by atoms with Crippen molar-refractivity contribution >= 4 is 6.29 Å². The van der Waals surface area contributed by atoms with Gasteiger partial charge in [-0.25, -0.2) is 9.97 Å². The molecule has 4 aliphatic carbocycles. The third-order valence-electron chi connectivity index (χ3n) is 5.91. The molecule has 3 heteroatoms. The van der Waals surface area contributed by atoms with Crippen molar-refractivity contribution in [1.29, 1.82) is 0 Å². The number of nitrogens with zero attached hydrogens (tertiary/aromatic N) is 2. The van der Waals surface area contributed by atoms with E-state index in [2.05, 4.69) is 23.8 Å². The van der Waals surface area contributed by atoms with Crippen molar-refractivity contribution in [2.24, 2.45) is 16.7 Å². The van der Waals surface area contributed by atoms with Crippen LogP contribution in [0.25, 0.3) is 0 Å². The van der Waals surface area contributed by atoms with E-state index in [1.807, 2.05) is 0 Å². The second-order valence-corrected chi connectivity index (χ2v) is 8.37. The Morgan fingerprint density at radius 2 is 1.65 bits per heavy atom. The minimum atomic E-state index is 0.171.